The van der Waals surface area contributed by atoms with Crippen molar-refractivity contribution in [2.75, 3.05) is 0 Å². The zero-order valence-electron chi connectivity index (χ0n) is 8.74. The van der Waals surface area contributed by atoms with Crippen LogP contribution in [0.4, 0.5) is 30.7 Å². The van der Waals surface area contributed by atoms with Crippen molar-refractivity contribution in [2.24, 2.45) is 5.73 Å². The molecular formula is C10H8F7N. The van der Waals surface area contributed by atoms with Crippen LogP contribution in [0.3, 0.4) is 0 Å². The zero-order chi connectivity index (χ0) is 14.1. The quantitative estimate of drug-likeness (QED) is 0.816. The molecule has 1 aromatic carbocycles. The highest BCUT2D eigenvalue weighted by atomic mass is 19.4. The van der Waals surface area contributed by atoms with Gasteiger partial charge in [-0.2, -0.15) is 26.3 Å². The van der Waals surface area contributed by atoms with Gasteiger partial charge in [0.05, 0.1) is 12.0 Å². The fraction of sp³-hybridized carbons (Fsp3) is 0.400. The van der Waals surface area contributed by atoms with Crippen molar-refractivity contribution in [1.82, 2.24) is 0 Å². The van der Waals surface area contributed by atoms with Gasteiger partial charge < -0.3 is 5.73 Å². The molecule has 0 amide bonds. The third kappa shape index (κ3) is 3.86. The second-order valence-corrected chi connectivity index (χ2v) is 3.66. The molecule has 1 unspecified atom stereocenters. The van der Waals surface area contributed by atoms with Crippen LogP contribution in [0.25, 0.3) is 0 Å². The molecule has 1 aromatic rings. The van der Waals surface area contributed by atoms with Gasteiger partial charge in [-0.1, -0.05) is 6.07 Å². The summed E-state index contributed by atoms with van der Waals surface area (Å²) in [5, 5.41) is 0. The molecule has 0 heterocycles. The van der Waals surface area contributed by atoms with Gasteiger partial charge in [0.25, 0.3) is 0 Å². The topological polar surface area (TPSA) is 26.0 Å². The summed E-state index contributed by atoms with van der Waals surface area (Å²) in [5.41, 5.74) is 3.09. The minimum Gasteiger partial charge on any atom is -0.324 e. The fourth-order valence-electron chi connectivity index (χ4n) is 1.36. The average molecular weight is 275 g/mol. The molecule has 0 aliphatic heterocycles. The van der Waals surface area contributed by atoms with Crippen molar-refractivity contribution in [3.63, 3.8) is 0 Å². The predicted molar refractivity (Wildman–Crippen MR) is 49.0 cm³/mol. The highest BCUT2D eigenvalue weighted by Crippen LogP contribution is 2.34. The molecule has 0 radical (unpaired) electrons. The molecule has 0 aromatic heterocycles. The summed E-state index contributed by atoms with van der Waals surface area (Å²) in [5.74, 6) is -1.55. The van der Waals surface area contributed by atoms with E-state index in [1.165, 1.54) is 0 Å². The molecule has 1 nitrogen and oxygen atoms in total. The number of hydrogen-bond donors (Lipinski definition) is 1. The number of rotatable bonds is 2. The van der Waals surface area contributed by atoms with Gasteiger partial charge in [-0.05, 0) is 17.7 Å². The second-order valence-electron chi connectivity index (χ2n) is 3.66. The van der Waals surface area contributed by atoms with Crippen LogP contribution in [0.2, 0.25) is 0 Å². The molecule has 18 heavy (non-hydrogen) atoms. The monoisotopic (exact) mass is 275 g/mol. The van der Waals surface area contributed by atoms with E-state index in [1.807, 2.05) is 0 Å². The lowest BCUT2D eigenvalue weighted by molar-refractivity contribution is -0.140. The minimum atomic E-state index is -4.97. The molecule has 0 aliphatic rings. The van der Waals surface area contributed by atoms with Gasteiger partial charge in [0.2, 0.25) is 0 Å². The van der Waals surface area contributed by atoms with Gasteiger partial charge in [-0.3, -0.25) is 0 Å². The van der Waals surface area contributed by atoms with Gasteiger partial charge in [0, 0.05) is 6.04 Å². The van der Waals surface area contributed by atoms with E-state index in [-0.39, 0.29) is 0 Å². The lowest BCUT2D eigenvalue weighted by Crippen LogP contribution is -2.21. The molecule has 1 atom stereocenters. The summed E-state index contributed by atoms with van der Waals surface area (Å²) < 4.78 is 86.0. The van der Waals surface area contributed by atoms with Crippen molar-refractivity contribution in [1.29, 1.82) is 0 Å². The molecule has 0 saturated carbocycles. The van der Waals surface area contributed by atoms with Crippen LogP contribution >= 0.6 is 0 Å². The largest absolute Gasteiger partial charge is 0.419 e. The lowest BCUT2D eigenvalue weighted by Gasteiger charge is -2.16. The van der Waals surface area contributed by atoms with Crippen molar-refractivity contribution < 1.29 is 30.7 Å². The second kappa shape index (κ2) is 4.75. The van der Waals surface area contributed by atoms with Gasteiger partial charge in [0.1, 0.15) is 5.82 Å². The van der Waals surface area contributed by atoms with E-state index in [9.17, 15) is 30.7 Å². The minimum absolute atomic E-state index is 0.297. The first-order valence-electron chi connectivity index (χ1n) is 4.69. The Morgan fingerprint density at radius 2 is 1.61 bits per heavy atom. The predicted octanol–water partition coefficient (Wildman–Crippen LogP) is 3.80. The van der Waals surface area contributed by atoms with Crippen molar-refractivity contribution in [3.8, 4) is 0 Å². The summed E-state index contributed by atoms with van der Waals surface area (Å²) in [4.78, 5) is 0. The maximum atomic E-state index is 12.9. The summed E-state index contributed by atoms with van der Waals surface area (Å²) in [6, 6.07) is -0.104. The van der Waals surface area contributed by atoms with E-state index < -0.39 is 41.8 Å². The smallest absolute Gasteiger partial charge is 0.324 e. The van der Waals surface area contributed by atoms with Gasteiger partial charge in [-0.25, -0.2) is 4.39 Å². The summed E-state index contributed by atoms with van der Waals surface area (Å²) in [6.07, 6.45) is -11.1. The van der Waals surface area contributed by atoms with E-state index >= 15 is 0 Å². The van der Waals surface area contributed by atoms with Crippen LogP contribution in [0.1, 0.15) is 23.6 Å². The Balaban J connectivity index is 3.06. The zero-order valence-corrected chi connectivity index (χ0v) is 8.74. The fourth-order valence-corrected chi connectivity index (χ4v) is 1.36. The normalized spacial score (nSPS) is 14.7. The van der Waals surface area contributed by atoms with E-state index in [2.05, 4.69) is 0 Å². The lowest BCUT2D eigenvalue weighted by atomic mass is 10.0. The van der Waals surface area contributed by atoms with E-state index in [1.54, 1.807) is 0 Å². The standard InChI is InChI=1S/C10H8F7N/c11-7-2-1-5(3-6(7)10(15,16)17)8(18)4-9(12,13)14/h1-3,8H,4,18H2. The van der Waals surface area contributed by atoms with E-state index in [4.69, 9.17) is 5.73 Å². The third-order valence-electron chi connectivity index (χ3n) is 2.18. The molecular weight excluding hydrogens is 267 g/mol. The maximum Gasteiger partial charge on any atom is 0.419 e. The Kier molecular flexibility index (Phi) is 3.89. The molecule has 0 aliphatic carbocycles. The molecule has 0 fully saturated rings. The Morgan fingerprint density at radius 3 is 2.06 bits per heavy atom. The number of alkyl halides is 6. The van der Waals surface area contributed by atoms with Crippen molar-refractivity contribution in [2.45, 2.75) is 24.8 Å². The molecule has 1 rings (SSSR count). The van der Waals surface area contributed by atoms with E-state index in [0.717, 1.165) is 6.07 Å². The van der Waals surface area contributed by atoms with Crippen LogP contribution in [-0.2, 0) is 6.18 Å². The first-order chi connectivity index (χ1) is 8.00. The van der Waals surface area contributed by atoms with Crippen molar-refractivity contribution in [3.05, 3.63) is 35.1 Å². The Morgan fingerprint density at radius 1 is 1.06 bits per heavy atom. The molecule has 102 valence electrons. The maximum absolute atomic E-state index is 12.9. The van der Waals surface area contributed by atoms with Gasteiger partial charge >= 0.3 is 12.4 Å². The first-order valence-corrected chi connectivity index (χ1v) is 4.69. The van der Waals surface area contributed by atoms with E-state index in [0.29, 0.717) is 12.1 Å². The molecule has 0 saturated heterocycles. The van der Waals surface area contributed by atoms with Crippen LogP contribution in [0.15, 0.2) is 18.2 Å². The molecule has 8 heteroatoms. The van der Waals surface area contributed by atoms with Crippen LogP contribution in [0.5, 0.6) is 0 Å². The third-order valence-corrected chi connectivity index (χ3v) is 2.18. The molecule has 0 spiro atoms. The molecule has 0 bridgehead atoms. The highest BCUT2D eigenvalue weighted by molar-refractivity contribution is 5.29. The average Bonchev–Trinajstić information content (AvgIpc) is 2.13. The summed E-state index contributed by atoms with van der Waals surface area (Å²) in [6.45, 7) is 0. The SMILES string of the molecule is NC(CC(F)(F)F)c1ccc(F)c(C(F)(F)F)c1. The number of halogens is 7. The van der Waals surface area contributed by atoms with Crippen LogP contribution in [0, 0.1) is 5.82 Å². The Hall–Kier alpha value is -1.31. The number of hydrogen-bond acceptors (Lipinski definition) is 1. The number of benzene rings is 1. The first kappa shape index (κ1) is 14.7. The Labute approximate surface area is 97.4 Å². The Bertz CT molecular complexity index is 421. The summed E-state index contributed by atoms with van der Waals surface area (Å²) in [7, 11) is 0. The van der Waals surface area contributed by atoms with Gasteiger partial charge in [0.15, 0.2) is 0 Å². The van der Waals surface area contributed by atoms with Crippen LogP contribution < -0.4 is 5.73 Å². The summed E-state index contributed by atoms with van der Waals surface area (Å²) >= 11 is 0. The highest BCUT2D eigenvalue weighted by Gasteiger charge is 2.36. The number of nitrogens with two attached hydrogens (primary N) is 1. The van der Waals surface area contributed by atoms with Crippen molar-refractivity contribution >= 4 is 0 Å². The molecule has 2 N–H and O–H groups in total. The van der Waals surface area contributed by atoms with Gasteiger partial charge in [-0.15, -0.1) is 0 Å². The van der Waals surface area contributed by atoms with Crippen LogP contribution in [-0.4, -0.2) is 6.18 Å².